The predicted molar refractivity (Wildman–Crippen MR) is 68.1 cm³/mol. The first-order valence-electron chi connectivity index (χ1n) is 6.41. The number of aliphatic hydroxyl groups is 1. The van der Waals surface area contributed by atoms with Crippen LogP contribution in [0.25, 0.3) is 0 Å². The van der Waals surface area contributed by atoms with Gasteiger partial charge in [-0.25, -0.2) is 0 Å². The number of benzene rings is 1. The fourth-order valence-corrected chi connectivity index (χ4v) is 2.51. The monoisotopic (exact) mass is 284 g/mol. The molecule has 1 aromatic carbocycles. The van der Waals surface area contributed by atoms with Crippen LogP contribution in [0.4, 0.5) is 18.9 Å². The topological polar surface area (TPSA) is 47.3 Å². The van der Waals surface area contributed by atoms with E-state index in [0.29, 0.717) is 29.8 Å². The van der Waals surface area contributed by atoms with E-state index in [4.69, 9.17) is 10.4 Å². The summed E-state index contributed by atoms with van der Waals surface area (Å²) in [5.41, 5.74) is 1.40. The van der Waals surface area contributed by atoms with E-state index in [9.17, 15) is 13.2 Å². The first-order chi connectivity index (χ1) is 9.45. The van der Waals surface area contributed by atoms with E-state index in [1.165, 1.54) is 6.07 Å². The molecule has 1 unspecified atom stereocenters. The number of rotatable bonds is 2. The van der Waals surface area contributed by atoms with Crippen LogP contribution in [0.15, 0.2) is 18.2 Å². The molecule has 0 aromatic heterocycles. The zero-order chi connectivity index (χ0) is 14.8. The van der Waals surface area contributed by atoms with Crippen molar-refractivity contribution in [1.29, 1.82) is 5.26 Å². The average molecular weight is 284 g/mol. The summed E-state index contributed by atoms with van der Waals surface area (Å²) in [4.78, 5) is 1.61. The molecule has 1 saturated heterocycles. The molecular weight excluding hydrogens is 269 g/mol. The third-order valence-electron chi connectivity index (χ3n) is 3.59. The SMILES string of the molecule is N#Cc1cc(CO)ccc1N1CCCC(C(F)(F)F)C1. The lowest BCUT2D eigenvalue weighted by Crippen LogP contribution is -2.42. The molecule has 1 N–H and O–H groups in total. The smallest absolute Gasteiger partial charge is 0.392 e. The Hall–Kier alpha value is -1.74. The first-order valence-corrected chi connectivity index (χ1v) is 6.41. The van der Waals surface area contributed by atoms with Gasteiger partial charge in [-0.05, 0) is 30.5 Å². The van der Waals surface area contributed by atoms with Gasteiger partial charge in [-0.15, -0.1) is 0 Å². The molecular formula is C14H15F3N2O. The van der Waals surface area contributed by atoms with Crippen molar-refractivity contribution >= 4 is 5.69 Å². The van der Waals surface area contributed by atoms with E-state index < -0.39 is 12.1 Å². The summed E-state index contributed by atoms with van der Waals surface area (Å²) in [5.74, 6) is -1.35. The molecule has 20 heavy (non-hydrogen) atoms. The number of piperidine rings is 1. The van der Waals surface area contributed by atoms with Gasteiger partial charge in [0.05, 0.1) is 23.8 Å². The quantitative estimate of drug-likeness (QED) is 0.908. The highest BCUT2D eigenvalue weighted by atomic mass is 19.4. The van der Waals surface area contributed by atoms with Crippen LogP contribution in [0.5, 0.6) is 0 Å². The third-order valence-corrected chi connectivity index (χ3v) is 3.59. The molecule has 0 bridgehead atoms. The van der Waals surface area contributed by atoms with Gasteiger partial charge in [0, 0.05) is 13.1 Å². The molecule has 108 valence electrons. The summed E-state index contributed by atoms with van der Waals surface area (Å²) in [6.45, 7) is 0.205. The van der Waals surface area contributed by atoms with Crippen LogP contribution in [-0.2, 0) is 6.61 Å². The summed E-state index contributed by atoms with van der Waals surface area (Å²) in [6, 6.07) is 6.75. The number of aliphatic hydroxyl groups excluding tert-OH is 1. The molecule has 0 aliphatic carbocycles. The number of nitrogens with zero attached hydrogens (tertiary/aromatic N) is 2. The number of nitriles is 1. The Kier molecular flexibility index (Phi) is 4.19. The molecule has 1 heterocycles. The summed E-state index contributed by atoms with van der Waals surface area (Å²) < 4.78 is 38.4. The van der Waals surface area contributed by atoms with Crippen molar-refractivity contribution in [2.75, 3.05) is 18.0 Å². The van der Waals surface area contributed by atoms with Crippen LogP contribution in [0.2, 0.25) is 0 Å². The van der Waals surface area contributed by atoms with Gasteiger partial charge in [-0.2, -0.15) is 18.4 Å². The van der Waals surface area contributed by atoms with E-state index in [1.54, 1.807) is 17.0 Å². The average Bonchev–Trinajstić information content (AvgIpc) is 2.45. The van der Waals surface area contributed by atoms with Gasteiger partial charge in [0.25, 0.3) is 0 Å². The van der Waals surface area contributed by atoms with Gasteiger partial charge in [0.2, 0.25) is 0 Å². The van der Waals surface area contributed by atoms with Crippen LogP contribution in [0.1, 0.15) is 24.0 Å². The van der Waals surface area contributed by atoms with Crippen molar-refractivity contribution < 1.29 is 18.3 Å². The second kappa shape index (κ2) is 5.71. The minimum absolute atomic E-state index is 0.114. The number of halogens is 3. The highest BCUT2D eigenvalue weighted by Crippen LogP contribution is 2.35. The van der Waals surface area contributed by atoms with E-state index in [-0.39, 0.29) is 19.6 Å². The van der Waals surface area contributed by atoms with E-state index >= 15 is 0 Å². The second-order valence-corrected chi connectivity index (χ2v) is 4.95. The molecule has 1 aliphatic rings. The van der Waals surface area contributed by atoms with Gasteiger partial charge in [-0.3, -0.25) is 0 Å². The van der Waals surface area contributed by atoms with Gasteiger partial charge >= 0.3 is 6.18 Å². The van der Waals surface area contributed by atoms with E-state index in [0.717, 1.165) is 0 Å². The highest BCUT2D eigenvalue weighted by Gasteiger charge is 2.42. The van der Waals surface area contributed by atoms with Gasteiger partial charge in [0.15, 0.2) is 0 Å². The third kappa shape index (κ3) is 3.05. The molecule has 0 saturated carbocycles. The lowest BCUT2D eigenvalue weighted by Gasteiger charge is -2.35. The van der Waals surface area contributed by atoms with Crippen molar-refractivity contribution in [3.63, 3.8) is 0 Å². The lowest BCUT2D eigenvalue weighted by atomic mass is 9.96. The number of hydrogen-bond acceptors (Lipinski definition) is 3. The number of anilines is 1. The molecule has 1 aromatic rings. The van der Waals surface area contributed by atoms with Crippen molar-refractivity contribution in [3.8, 4) is 6.07 Å². The molecule has 3 nitrogen and oxygen atoms in total. The lowest BCUT2D eigenvalue weighted by molar-refractivity contribution is -0.175. The zero-order valence-corrected chi connectivity index (χ0v) is 10.8. The second-order valence-electron chi connectivity index (χ2n) is 4.95. The Bertz CT molecular complexity index is 522. The molecule has 1 atom stereocenters. The molecule has 1 aliphatic heterocycles. The maximum Gasteiger partial charge on any atom is 0.393 e. The molecule has 0 radical (unpaired) electrons. The maximum absolute atomic E-state index is 12.8. The molecule has 0 amide bonds. The highest BCUT2D eigenvalue weighted by molar-refractivity contribution is 5.60. The van der Waals surface area contributed by atoms with Crippen LogP contribution in [0.3, 0.4) is 0 Å². The molecule has 6 heteroatoms. The van der Waals surface area contributed by atoms with Crippen LogP contribution in [-0.4, -0.2) is 24.4 Å². The molecule has 1 fully saturated rings. The summed E-state index contributed by atoms with van der Waals surface area (Å²) in [7, 11) is 0. The Labute approximate surface area is 115 Å². The van der Waals surface area contributed by atoms with Gasteiger partial charge < -0.3 is 10.0 Å². The zero-order valence-electron chi connectivity index (χ0n) is 10.8. The number of hydrogen-bond donors (Lipinski definition) is 1. The van der Waals surface area contributed by atoms with Crippen LogP contribution >= 0.6 is 0 Å². The van der Waals surface area contributed by atoms with Crippen LogP contribution in [0, 0.1) is 17.2 Å². The molecule has 2 rings (SSSR count). The normalized spacial score (nSPS) is 19.8. The minimum Gasteiger partial charge on any atom is -0.392 e. The first kappa shape index (κ1) is 14.7. The van der Waals surface area contributed by atoms with Crippen LogP contribution < -0.4 is 4.90 Å². The fourth-order valence-electron chi connectivity index (χ4n) is 2.51. The standard InChI is InChI=1S/C14H15F3N2O/c15-14(16,17)12-2-1-5-19(8-12)13-4-3-10(9-20)6-11(13)7-18/h3-4,6,12,20H,1-2,5,8-9H2. The van der Waals surface area contributed by atoms with E-state index in [1.807, 2.05) is 6.07 Å². The Balaban J connectivity index is 2.25. The summed E-state index contributed by atoms with van der Waals surface area (Å²) in [5, 5.41) is 18.2. The molecule has 0 spiro atoms. The Morgan fingerprint density at radius 1 is 1.40 bits per heavy atom. The Morgan fingerprint density at radius 3 is 2.75 bits per heavy atom. The maximum atomic E-state index is 12.8. The Morgan fingerprint density at radius 2 is 2.15 bits per heavy atom. The van der Waals surface area contributed by atoms with Crippen molar-refractivity contribution in [2.24, 2.45) is 5.92 Å². The number of alkyl halides is 3. The summed E-state index contributed by atoms with van der Waals surface area (Å²) in [6.07, 6.45) is -3.61. The summed E-state index contributed by atoms with van der Waals surface area (Å²) >= 11 is 0. The van der Waals surface area contributed by atoms with Gasteiger partial charge in [-0.1, -0.05) is 6.07 Å². The van der Waals surface area contributed by atoms with E-state index in [2.05, 4.69) is 0 Å². The minimum atomic E-state index is -4.20. The fraction of sp³-hybridized carbons (Fsp3) is 0.500. The predicted octanol–water partition coefficient (Wildman–Crippen LogP) is 2.83. The van der Waals surface area contributed by atoms with Crippen molar-refractivity contribution in [2.45, 2.75) is 25.6 Å². The van der Waals surface area contributed by atoms with Gasteiger partial charge in [0.1, 0.15) is 6.07 Å². The van der Waals surface area contributed by atoms with Crippen molar-refractivity contribution in [3.05, 3.63) is 29.3 Å². The van der Waals surface area contributed by atoms with Crippen molar-refractivity contribution in [1.82, 2.24) is 0 Å². The largest absolute Gasteiger partial charge is 0.393 e.